The van der Waals surface area contributed by atoms with Gasteiger partial charge in [-0.1, -0.05) is 20.8 Å². The Morgan fingerprint density at radius 2 is 1.71 bits per heavy atom. The summed E-state index contributed by atoms with van der Waals surface area (Å²) in [5, 5.41) is 3.62. The van der Waals surface area contributed by atoms with Gasteiger partial charge in [-0.15, -0.1) is 0 Å². The van der Waals surface area contributed by atoms with Gasteiger partial charge in [0.1, 0.15) is 0 Å². The second-order valence-electron chi connectivity index (χ2n) is 9.96. The van der Waals surface area contributed by atoms with Gasteiger partial charge in [0.25, 0.3) is 0 Å². The van der Waals surface area contributed by atoms with Crippen LogP contribution in [-0.2, 0) is 0 Å². The molecule has 2 heteroatoms. The fourth-order valence-electron chi connectivity index (χ4n) is 7.45. The predicted octanol–water partition coefficient (Wildman–Crippen LogP) is 3.67. The topological polar surface area (TPSA) is 15.3 Å². The molecule has 0 amide bonds. The number of nitrogens with zero attached hydrogens (tertiary/aromatic N) is 1. The summed E-state index contributed by atoms with van der Waals surface area (Å²) < 4.78 is 0. The highest BCUT2D eigenvalue weighted by atomic mass is 15.2. The van der Waals surface area contributed by atoms with Crippen molar-refractivity contribution in [3.8, 4) is 0 Å². The van der Waals surface area contributed by atoms with E-state index < -0.39 is 0 Å². The molecular weight excluding hydrogens is 256 g/mol. The molecule has 0 aromatic carbocycles. The summed E-state index contributed by atoms with van der Waals surface area (Å²) in [5.41, 5.74) is 1.87. The first-order chi connectivity index (χ1) is 9.91. The Morgan fingerprint density at radius 3 is 2.38 bits per heavy atom. The minimum atomic E-state index is 0.564. The van der Waals surface area contributed by atoms with Crippen molar-refractivity contribution < 1.29 is 0 Å². The zero-order valence-electron chi connectivity index (χ0n) is 14.4. The van der Waals surface area contributed by atoms with Crippen molar-refractivity contribution in [2.45, 2.75) is 71.3 Å². The highest BCUT2D eigenvalue weighted by Crippen LogP contribution is 2.67. The van der Waals surface area contributed by atoms with Gasteiger partial charge in [0.15, 0.2) is 0 Å². The van der Waals surface area contributed by atoms with Crippen LogP contribution in [0.15, 0.2) is 0 Å². The van der Waals surface area contributed by atoms with E-state index in [1.165, 1.54) is 71.1 Å². The second kappa shape index (κ2) is 4.71. The molecule has 3 atom stereocenters. The smallest absolute Gasteiger partial charge is 0.0222 e. The molecule has 0 aromatic heterocycles. The molecule has 0 spiro atoms. The van der Waals surface area contributed by atoms with Gasteiger partial charge in [0, 0.05) is 12.1 Å². The van der Waals surface area contributed by atoms with Crippen LogP contribution in [0.1, 0.15) is 65.7 Å². The molecule has 4 aliphatic carbocycles. The monoisotopic (exact) mass is 290 g/mol. The minimum absolute atomic E-state index is 0.564. The van der Waals surface area contributed by atoms with Crippen molar-refractivity contribution >= 4 is 0 Å². The van der Waals surface area contributed by atoms with E-state index in [1.54, 1.807) is 0 Å². The molecule has 1 saturated heterocycles. The maximum absolute atomic E-state index is 3.62. The van der Waals surface area contributed by atoms with Crippen LogP contribution in [0, 0.1) is 22.7 Å². The lowest BCUT2D eigenvalue weighted by Crippen LogP contribution is -2.66. The lowest BCUT2D eigenvalue weighted by molar-refractivity contribution is -0.164. The maximum atomic E-state index is 3.62. The Morgan fingerprint density at radius 1 is 1.00 bits per heavy atom. The molecule has 1 heterocycles. The summed E-state index contributed by atoms with van der Waals surface area (Å²) in [6.45, 7) is 12.7. The molecule has 3 unspecified atom stereocenters. The minimum Gasteiger partial charge on any atom is -0.316 e. The van der Waals surface area contributed by atoms with Crippen molar-refractivity contribution in [2.24, 2.45) is 22.7 Å². The number of hydrogen-bond donors (Lipinski definition) is 1. The molecule has 5 aliphatic rings. The molecule has 120 valence electrons. The van der Waals surface area contributed by atoms with Gasteiger partial charge in [0.2, 0.25) is 0 Å². The first kappa shape index (κ1) is 14.5. The van der Waals surface area contributed by atoms with Crippen LogP contribution in [0.25, 0.3) is 0 Å². The summed E-state index contributed by atoms with van der Waals surface area (Å²) in [5.74, 6) is 1.83. The van der Waals surface area contributed by atoms with Crippen LogP contribution in [-0.4, -0.2) is 36.6 Å². The molecule has 1 N–H and O–H groups in total. The average Bonchev–Trinajstić information content (AvgIpc) is 2.28. The normalized spacial score (nSPS) is 54.4. The molecule has 5 rings (SSSR count). The van der Waals surface area contributed by atoms with E-state index in [9.17, 15) is 0 Å². The molecule has 5 fully saturated rings. The van der Waals surface area contributed by atoms with Gasteiger partial charge in [-0.25, -0.2) is 0 Å². The van der Waals surface area contributed by atoms with Gasteiger partial charge in [-0.05, 0) is 87.2 Å². The van der Waals surface area contributed by atoms with Crippen molar-refractivity contribution in [1.82, 2.24) is 10.2 Å². The Balaban J connectivity index is 1.63. The van der Waals surface area contributed by atoms with Gasteiger partial charge >= 0.3 is 0 Å². The van der Waals surface area contributed by atoms with E-state index in [1.807, 2.05) is 0 Å². The van der Waals surface area contributed by atoms with Crippen LogP contribution < -0.4 is 5.32 Å². The van der Waals surface area contributed by atoms with E-state index in [-0.39, 0.29) is 0 Å². The van der Waals surface area contributed by atoms with Crippen LogP contribution >= 0.6 is 0 Å². The van der Waals surface area contributed by atoms with E-state index in [0.29, 0.717) is 16.4 Å². The van der Waals surface area contributed by atoms with E-state index in [2.05, 4.69) is 31.0 Å². The Labute approximate surface area is 131 Å². The van der Waals surface area contributed by atoms with Crippen molar-refractivity contribution in [3.05, 3.63) is 0 Å². The third-order valence-electron chi connectivity index (χ3n) is 7.07. The quantitative estimate of drug-likeness (QED) is 0.793. The SMILES string of the molecule is CC1CNCCCN(C23CC4CC(C)(CC(C)(C4)C2)C3)C1. The van der Waals surface area contributed by atoms with Gasteiger partial charge in [-0.2, -0.15) is 0 Å². The molecule has 4 bridgehead atoms. The first-order valence-electron chi connectivity index (χ1n) is 9.36. The van der Waals surface area contributed by atoms with Crippen LogP contribution in [0.4, 0.5) is 0 Å². The first-order valence-corrected chi connectivity index (χ1v) is 9.36. The van der Waals surface area contributed by atoms with Crippen molar-refractivity contribution in [2.75, 3.05) is 26.2 Å². The van der Waals surface area contributed by atoms with Gasteiger partial charge in [-0.3, -0.25) is 4.90 Å². The lowest BCUT2D eigenvalue weighted by Gasteiger charge is -2.68. The zero-order valence-corrected chi connectivity index (χ0v) is 14.4. The van der Waals surface area contributed by atoms with Crippen LogP contribution in [0.3, 0.4) is 0 Å². The lowest BCUT2D eigenvalue weighted by atomic mass is 9.42. The number of rotatable bonds is 1. The number of nitrogens with one attached hydrogen (secondary N) is 1. The van der Waals surface area contributed by atoms with Crippen molar-refractivity contribution in [1.29, 1.82) is 0 Å². The summed E-state index contributed by atoms with van der Waals surface area (Å²) in [6.07, 6.45) is 10.4. The molecule has 4 saturated carbocycles. The summed E-state index contributed by atoms with van der Waals surface area (Å²) in [7, 11) is 0. The molecule has 0 aromatic rings. The predicted molar refractivity (Wildman–Crippen MR) is 88.4 cm³/mol. The number of hydrogen-bond acceptors (Lipinski definition) is 2. The van der Waals surface area contributed by atoms with E-state index >= 15 is 0 Å². The third kappa shape index (κ3) is 2.47. The molecule has 1 aliphatic heterocycles. The highest BCUT2D eigenvalue weighted by molar-refractivity contribution is 5.15. The second-order valence-corrected chi connectivity index (χ2v) is 9.96. The fourth-order valence-corrected chi connectivity index (χ4v) is 7.45. The molecular formula is C19H34N2. The molecule has 2 nitrogen and oxygen atoms in total. The Bertz CT molecular complexity index is 400. The Kier molecular flexibility index (Phi) is 3.25. The van der Waals surface area contributed by atoms with E-state index in [4.69, 9.17) is 0 Å². The largest absolute Gasteiger partial charge is 0.316 e. The molecule has 21 heavy (non-hydrogen) atoms. The zero-order chi connectivity index (χ0) is 14.7. The van der Waals surface area contributed by atoms with Gasteiger partial charge < -0.3 is 5.32 Å². The summed E-state index contributed by atoms with van der Waals surface area (Å²) in [6, 6.07) is 0. The average molecular weight is 290 g/mol. The van der Waals surface area contributed by atoms with Crippen molar-refractivity contribution in [3.63, 3.8) is 0 Å². The van der Waals surface area contributed by atoms with Crippen LogP contribution in [0.2, 0.25) is 0 Å². The van der Waals surface area contributed by atoms with Crippen LogP contribution in [0.5, 0.6) is 0 Å². The fraction of sp³-hybridized carbons (Fsp3) is 1.00. The third-order valence-corrected chi connectivity index (χ3v) is 7.07. The maximum Gasteiger partial charge on any atom is 0.0222 e. The Hall–Kier alpha value is -0.0800. The summed E-state index contributed by atoms with van der Waals surface area (Å²) in [4.78, 5) is 2.97. The summed E-state index contributed by atoms with van der Waals surface area (Å²) >= 11 is 0. The van der Waals surface area contributed by atoms with Gasteiger partial charge in [0.05, 0.1) is 0 Å². The molecule has 0 radical (unpaired) electrons. The standard InChI is InChI=1S/C19H34N2/c1-15-10-20-5-4-6-21(11-15)19-9-16-7-17(2,13-19)12-18(3,8-16)14-19/h15-16,20H,4-14H2,1-3H3. The highest BCUT2D eigenvalue weighted by Gasteiger charge is 2.61. The van der Waals surface area contributed by atoms with E-state index in [0.717, 1.165) is 11.8 Å².